The van der Waals surface area contributed by atoms with Crippen LogP contribution in [-0.2, 0) is 0 Å². The maximum absolute atomic E-state index is 3.96. The van der Waals surface area contributed by atoms with Crippen molar-refractivity contribution < 1.29 is 0 Å². The van der Waals surface area contributed by atoms with Gasteiger partial charge in [-0.2, -0.15) is 5.10 Å². The maximum atomic E-state index is 3.96. The molecule has 10 heavy (non-hydrogen) atoms. The monoisotopic (exact) mass is 145 g/mol. The first kappa shape index (κ1) is 12.1. The fourth-order valence-corrected chi connectivity index (χ4v) is 0.467. The van der Waals surface area contributed by atoms with Crippen LogP contribution >= 0.6 is 0 Å². The Bertz CT molecular complexity index is 71.3. The smallest absolute Gasteiger partial charge is 0.0848 e. The van der Waals surface area contributed by atoms with Gasteiger partial charge < -0.3 is 5.32 Å². The summed E-state index contributed by atoms with van der Waals surface area (Å²) in [5.74, 6) is 0. The average molecular weight is 145 g/mol. The first-order valence-electron chi connectivity index (χ1n) is 3.65. The van der Waals surface area contributed by atoms with Crippen LogP contribution in [0, 0.1) is 0 Å². The second kappa shape index (κ2) is 11.3. The first-order chi connectivity index (χ1) is 4.81. The van der Waals surface area contributed by atoms with Crippen LogP contribution in [0.4, 0.5) is 0 Å². The highest BCUT2D eigenvalue weighted by Gasteiger charge is 1.82. The lowest BCUT2D eigenvalue weighted by molar-refractivity contribution is 0.336. The minimum absolute atomic E-state index is 0.796. The van der Waals surface area contributed by atoms with Gasteiger partial charge in [0.25, 0.3) is 0 Å². The van der Waals surface area contributed by atoms with Gasteiger partial charge in [0.1, 0.15) is 0 Å². The van der Waals surface area contributed by atoms with E-state index in [1.807, 2.05) is 39.9 Å². The van der Waals surface area contributed by atoms with E-state index >= 15 is 0 Å². The molecule has 0 heterocycles. The van der Waals surface area contributed by atoms with Crippen LogP contribution in [-0.4, -0.2) is 32.0 Å². The van der Waals surface area contributed by atoms with Gasteiger partial charge in [-0.05, 0) is 14.0 Å². The van der Waals surface area contributed by atoms with Gasteiger partial charge in [0, 0.05) is 13.3 Å². The number of hydrazone groups is 1. The number of rotatable bonds is 3. The lowest BCUT2D eigenvalue weighted by Gasteiger charge is -2.09. The van der Waals surface area contributed by atoms with Crippen LogP contribution in [0.1, 0.15) is 20.8 Å². The van der Waals surface area contributed by atoms with E-state index in [9.17, 15) is 0 Å². The molecule has 0 aliphatic carbocycles. The van der Waals surface area contributed by atoms with Gasteiger partial charge in [-0.1, -0.05) is 13.8 Å². The molecule has 3 nitrogen and oxygen atoms in total. The molecule has 62 valence electrons. The van der Waals surface area contributed by atoms with Gasteiger partial charge in [-0.25, -0.2) is 0 Å². The molecule has 0 aromatic carbocycles. The minimum atomic E-state index is 0.796. The molecule has 0 saturated heterocycles. The third kappa shape index (κ3) is 10.4. The van der Waals surface area contributed by atoms with E-state index in [0.29, 0.717) is 0 Å². The highest BCUT2D eigenvalue weighted by Crippen LogP contribution is 1.74. The molecule has 1 N–H and O–H groups in total. The third-order valence-electron chi connectivity index (χ3n) is 0.700. The van der Waals surface area contributed by atoms with E-state index in [-0.39, 0.29) is 0 Å². The molecule has 0 amide bonds. The van der Waals surface area contributed by atoms with Crippen LogP contribution in [0.2, 0.25) is 0 Å². The van der Waals surface area contributed by atoms with Gasteiger partial charge >= 0.3 is 0 Å². The van der Waals surface area contributed by atoms with Crippen molar-refractivity contribution in [3.63, 3.8) is 0 Å². The van der Waals surface area contributed by atoms with E-state index in [1.165, 1.54) is 0 Å². The summed E-state index contributed by atoms with van der Waals surface area (Å²) in [5, 5.41) is 8.74. The fraction of sp³-hybridized carbons (Fsp3) is 0.857. The van der Waals surface area contributed by atoms with Crippen molar-refractivity contribution in [2.75, 3.05) is 20.8 Å². The van der Waals surface area contributed by atoms with Gasteiger partial charge in [-0.15, -0.1) is 0 Å². The number of hydrogen-bond donors (Lipinski definition) is 1. The van der Waals surface area contributed by atoms with Gasteiger partial charge in [-0.3, -0.25) is 5.01 Å². The molecule has 0 aliphatic heterocycles. The quantitative estimate of drug-likeness (QED) is 0.366. The lowest BCUT2D eigenvalue weighted by Crippen LogP contribution is -2.23. The van der Waals surface area contributed by atoms with Crippen LogP contribution in [0.25, 0.3) is 0 Å². The van der Waals surface area contributed by atoms with Crippen LogP contribution in [0.15, 0.2) is 5.10 Å². The molecule has 0 rings (SSSR count). The molecule has 0 saturated carbocycles. The number of hydrogen-bond acceptors (Lipinski definition) is 3. The Labute approximate surface area is 64.1 Å². The summed E-state index contributed by atoms with van der Waals surface area (Å²) in [6, 6.07) is 0. The molecule has 0 aromatic rings. The Hall–Kier alpha value is -0.570. The highest BCUT2D eigenvalue weighted by atomic mass is 15.5. The summed E-state index contributed by atoms with van der Waals surface area (Å²) in [6.45, 7) is 6.69. The largest absolute Gasteiger partial charge is 0.302 e. The molecule has 0 unspecified atom stereocenters. The molecule has 0 aliphatic rings. The maximum Gasteiger partial charge on any atom is 0.0848 e. The Kier molecular flexibility index (Phi) is 13.7. The number of nitrogens with zero attached hydrogens (tertiary/aromatic N) is 2. The topological polar surface area (TPSA) is 27.6 Å². The summed E-state index contributed by atoms with van der Waals surface area (Å²) in [7, 11) is 3.80. The Morgan fingerprint density at radius 1 is 1.50 bits per heavy atom. The second-order valence-electron chi connectivity index (χ2n) is 1.54. The molecule has 0 aromatic heterocycles. The van der Waals surface area contributed by atoms with E-state index in [0.717, 1.165) is 6.67 Å². The summed E-state index contributed by atoms with van der Waals surface area (Å²) >= 11 is 0. The summed E-state index contributed by atoms with van der Waals surface area (Å²) in [4.78, 5) is 0. The molecule has 0 atom stereocenters. The zero-order chi connectivity index (χ0) is 8.41. The average Bonchev–Trinajstić information content (AvgIpc) is 1.93. The van der Waals surface area contributed by atoms with Crippen molar-refractivity contribution in [2.45, 2.75) is 20.8 Å². The minimum Gasteiger partial charge on any atom is -0.302 e. The van der Waals surface area contributed by atoms with Crippen molar-refractivity contribution in [1.29, 1.82) is 0 Å². The van der Waals surface area contributed by atoms with Gasteiger partial charge in [0.2, 0.25) is 0 Å². The lowest BCUT2D eigenvalue weighted by atomic mass is 10.9. The summed E-state index contributed by atoms with van der Waals surface area (Å²) < 4.78 is 0. The zero-order valence-electron chi connectivity index (χ0n) is 7.68. The highest BCUT2D eigenvalue weighted by molar-refractivity contribution is 5.52. The van der Waals surface area contributed by atoms with E-state index in [4.69, 9.17) is 0 Å². The number of nitrogens with one attached hydrogen (secondary N) is 1. The predicted octanol–water partition coefficient (Wildman–Crippen LogP) is 1.13. The zero-order valence-corrected chi connectivity index (χ0v) is 7.68. The van der Waals surface area contributed by atoms with E-state index in [2.05, 4.69) is 10.4 Å². The normalized spacial score (nSPS) is 8.90. The van der Waals surface area contributed by atoms with Crippen molar-refractivity contribution in [2.24, 2.45) is 5.10 Å². The SMILES string of the molecule is C/C=N\N(C)CNC.CC. The van der Waals surface area contributed by atoms with Crippen LogP contribution in [0.3, 0.4) is 0 Å². The van der Waals surface area contributed by atoms with Crippen molar-refractivity contribution >= 4 is 6.21 Å². The Morgan fingerprint density at radius 3 is 2.30 bits per heavy atom. The molecule has 0 radical (unpaired) electrons. The Morgan fingerprint density at radius 2 is 2.00 bits per heavy atom. The van der Waals surface area contributed by atoms with Crippen LogP contribution in [0.5, 0.6) is 0 Å². The standard InChI is InChI=1S/C5H13N3.C2H6/c1-4-7-8(3)5-6-2;1-2/h4,6H,5H2,1-3H3;1-2H3/b7-4-;. The third-order valence-corrected chi connectivity index (χ3v) is 0.700. The molecule has 0 spiro atoms. The molecular weight excluding hydrogens is 126 g/mol. The predicted molar refractivity (Wildman–Crippen MR) is 47.2 cm³/mol. The van der Waals surface area contributed by atoms with Crippen LogP contribution < -0.4 is 5.32 Å². The van der Waals surface area contributed by atoms with Crippen molar-refractivity contribution in [1.82, 2.24) is 10.3 Å². The molecule has 3 heteroatoms. The Balaban J connectivity index is 0. The van der Waals surface area contributed by atoms with E-state index in [1.54, 1.807) is 6.21 Å². The van der Waals surface area contributed by atoms with Crippen molar-refractivity contribution in [3.8, 4) is 0 Å². The van der Waals surface area contributed by atoms with E-state index < -0.39 is 0 Å². The summed E-state index contributed by atoms with van der Waals surface area (Å²) in [5.41, 5.74) is 0. The van der Waals surface area contributed by atoms with Gasteiger partial charge in [0.05, 0.1) is 6.67 Å². The van der Waals surface area contributed by atoms with Gasteiger partial charge in [0.15, 0.2) is 0 Å². The van der Waals surface area contributed by atoms with Crippen molar-refractivity contribution in [3.05, 3.63) is 0 Å². The fourth-order valence-electron chi connectivity index (χ4n) is 0.467. The summed E-state index contributed by atoms with van der Waals surface area (Å²) in [6.07, 6.45) is 1.76. The molecular formula is C7H19N3. The second-order valence-corrected chi connectivity index (χ2v) is 1.54. The molecule has 0 bridgehead atoms. The first-order valence-corrected chi connectivity index (χ1v) is 3.65. The molecule has 0 fully saturated rings.